The average molecular weight is 488 g/mol. The van der Waals surface area contributed by atoms with E-state index in [2.05, 4.69) is 0 Å². The van der Waals surface area contributed by atoms with Gasteiger partial charge in [-0.1, -0.05) is 0 Å². The number of methoxy groups -OCH3 is 2. The molecule has 0 bridgehead atoms. The number of hydrogen-bond donors (Lipinski definition) is 1. The lowest BCUT2D eigenvalue weighted by atomic mass is 9.91. The molecule has 0 unspecified atom stereocenters. The van der Waals surface area contributed by atoms with Gasteiger partial charge in [0.25, 0.3) is 0 Å². The summed E-state index contributed by atoms with van der Waals surface area (Å²) in [6, 6.07) is 10.3. The van der Waals surface area contributed by atoms with Gasteiger partial charge in [-0.15, -0.1) is 11.8 Å². The fraction of sp³-hybridized carbons (Fsp3) is 0.250. The van der Waals surface area contributed by atoms with Crippen molar-refractivity contribution >= 4 is 17.7 Å². The molecule has 1 N–H and O–H groups in total. The second-order valence-corrected chi connectivity index (χ2v) is 8.37. The number of fused-ring (bicyclic) bond motifs is 1. The molecule has 3 aromatic rings. The maximum atomic E-state index is 13.2. The first-order valence-electron chi connectivity index (χ1n) is 10.2. The maximum absolute atomic E-state index is 13.2. The van der Waals surface area contributed by atoms with E-state index in [1.807, 2.05) is 0 Å². The van der Waals surface area contributed by atoms with Crippen LogP contribution in [0.2, 0.25) is 0 Å². The zero-order valence-electron chi connectivity index (χ0n) is 18.3. The van der Waals surface area contributed by atoms with Gasteiger partial charge in [-0.25, -0.2) is 4.39 Å². The second kappa shape index (κ2) is 10.1. The van der Waals surface area contributed by atoms with Gasteiger partial charge in [-0.3, -0.25) is 9.59 Å². The Morgan fingerprint density at radius 3 is 2.65 bits per heavy atom. The van der Waals surface area contributed by atoms with Gasteiger partial charge in [-0.2, -0.15) is 0 Å². The Kier molecular flexibility index (Phi) is 6.97. The van der Waals surface area contributed by atoms with Crippen molar-refractivity contribution in [3.63, 3.8) is 0 Å². The minimum absolute atomic E-state index is 0.00718. The standard InChI is InChI=1S/C24H21FO8S/c1-29-19-7-13(8-20-24(19)32-12-31-20)17(10-21(27)30-2)23-22(28)18(26)9-15(33-23)11-34-16-5-3-14(25)4-6-16/h3-9,17,28H,10-12H2,1-2H3/t17-/m0/s1. The molecular formula is C24H21FO8S. The molecule has 1 aliphatic heterocycles. The van der Waals surface area contributed by atoms with Crippen LogP contribution in [0.4, 0.5) is 4.39 Å². The van der Waals surface area contributed by atoms with Gasteiger partial charge in [0.05, 0.1) is 32.3 Å². The number of aromatic hydroxyl groups is 1. The highest BCUT2D eigenvalue weighted by Gasteiger charge is 2.30. The summed E-state index contributed by atoms with van der Waals surface area (Å²) < 4.78 is 40.2. The van der Waals surface area contributed by atoms with Crippen LogP contribution >= 0.6 is 11.8 Å². The van der Waals surface area contributed by atoms with Crippen LogP contribution in [0.15, 0.2) is 56.6 Å². The summed E-state index contributed by atoms with van der Waals surface area (Å²) in [5.41, 5.74) is -0.160. The molecule has 0 aliphatic carbocycles. The number of benzene rings is 2. The first-order valence-corrected chi connectivity index (χ1v) is 11.2. The highest BCUT2D eigenvalue weighted by Crippen LogP contribution is 2.45. The Balaban J connectivity index is 1.73. The Labute approximate surface area is 198 Å². The van der Waals surface area contributed by atoms with Crippen molar-refractivity contribution in [2.75, 3.05) is 21.0 Å². The largest absolute Gasteiger partial charge is 0.502 e. The topological polar surface area (TPSA) is 104 Å². The Morgan fingerprint density at radius 1 is 1.18 bits per heavy atom. The summed E-state index contributed by atoms with van der Waals surface area (Å²) >= 11 is 1.32. The SMILES string of the molecule is COC(=O)C[C@@H](c1cc(OC)c2c(c1)OCO2)c1oc(CSc2ccc(F)cc2)cc(=O)c1O. The molecule has 1 aromatic heterocycles. The summed E-state index contributed by atoms with van der Waals surface area (Å²) in [7, 11) is 2.70. The van der Waals surface area contributed by atoms with Crippen LogP contribution in [0, 0.1) is 5.82 Å². The second-order valence-electron chi connectivity index (χ2n) is 7.32. The van der Waals surface area contributed by atoms with E-state index in [9.17, 15) is 19.1 Å². The Morgan fingerprint density at radius 2 is 1.94 bits per heavy atom. The molecule has 34 heavy (non-hydrogen) atoms. The smallest absolute Gasteiger partial charge is 0.306 e. The van der Waals surface area contributed by atoms with Gasteiger partial charge >= 0.3 is 5.97 Å². The van der Waals surface area contributed by atoms with E-state index in [0.717, 1.165) is 4.90 Å². The van der Waals surface area contributed by atoms with Gasteiger partial charge in [-0.05, 0) is 42.0 Å². The molecule has 0 saturated carbocycles. The monoisotopic (exact) mass is 488 g/mol. The first-order chi connectivity index (χ1) is 16.4. The van der Waals surface area contributed by atoms with Crippen molar-refractivity contribution in [2.45, 2.75) is 23.0 Å². The summed E-state index contributed by atoms with van der Waals surface area (Å²) in [6.45, 7) is 0.00718. The lowest BCUT2D eigenvalue weighted by molar-refractivity contribution is -0.140. The van der Waals surface area contributed by atoms with Crippen molar-refractivity contribution in [2.24, 2.45) is 0 Å². The molecule has 0 radical (unpaired) electrons. The third-order valence-electron chi connectivity index (χ3n) is 5.19. The number of carbonyl (C=O) groups is 1. The number of halogens is 1. The van der Waals surface area contributed by atoms with E-state index in [0.29, 0.717) is 22.8 Å². The molecule has 0 spiro atoms. The van der Waals surface area contributed by atoms with Crippen molar-refractivity contribution in [1.29, 1.82) is 0 Å². The van der Waals surface area contributed by atoms with E-state index in [-0.39, 0.29) is 36.3 Å². The number of hydrogen-bond acceptors (Lipinski definition) is 9. The third-order valence-corrected chi connectivity index (χ3v) is 6.23. The third kappa shape index (κ3) is 4.96. The zero-order chi connectivity index (χ0) is 24.2. The lowest BCUT2D eigenvalue weighted by Gasteiger charge is -2.19. The number of thioether (sulfide) groups is 1. The minimum atomic E-state index is -0.876. The van der Waals surface area contributed by atoms with Crippen LogP contribution in [0.5, 0.6) is 23.0 Å². The molecule has 0 saturated heterocycles. The molecule has 10 heteroatoms. The molecule has 0 amide bonds. The van der Waals surface area contributed by atoms with Crippen LogP contribution in [-0.2, 0) is 15.3 Å². The first kappa shape index (κ1) is 23.5. The van der Waals surface area contributed by atoms with E-state index >= 15 is 0 Å². The van der Waals surface area contributed by atoms with Gasteiger partial charge in [0.1, 0.15) is 11.6 Å². The molecule has 2 aromatic carbocycles. The summed E-state index contributed by atoms with van der Waals surface area (Å²) in [5.74, 6) is -0.813. The molecule has 178 valence electrons. The van der Waals surface area contributed by atoms with Gasteiger partial charge in [0, 0.05) is 11.0 Å². The number of esters is 1. The fourth-order valence-corrected chi connectivity index (χ4v) is 4.29. The zero-order valence-corrected chi connectivity index (χ0v) is 19.1. The fourth-order valence-electron chi connectivity index (χ4n) is 3.51. The molecule has 8 nitrogen and oxygen atoms in total. The molecule has 4 rings (SSSR count). The van der Waals surface area contributed by atoms with Crippen molar-refractivity contribution < 1.29 is 37.7 Å². The predicted molar refractivity (Wildman–Crippen MR) is 120 cm³/mol. The predicted octanol–water partition coefficient (Wildman–Crippen LogP) is 4.21. The van der Waals surface area contributed by atoms with Crippen molar-refractivity contribution in [1.82, 2.24) is 0 Å². The van der Waals surface area contributed by atoms with Crippen molar-refractivity contribution in [3.05, 3.63) is 75.6 Å². The molecular weight excluding hydrogens is 467 g/mol. The van der Waals surface area contributed by atoms with E-state index in [4.69, 9.17) is 23.4 Å². The van der Waals surface area contributed by atoms with Crippen LogP contribution in [0.3, 0.4) is 0 Å². The van der Waals surface area contributed by atoms with Gasteiger partial charge in [0.2, 0.25) is 23.7 Å². The Bertz CT molecular complexity index is 1260. The summed E-state index contributed by atoms with van der Waals surface area (Å²) in [4.78, 5) is 25.6. The van der Waals surface area contributed by atoms with E-state index in [1.54, 1.807) is 24.3 Å². The number of ether oxygens (including phenoxy) is 4. The molecule has 1 aliphatic rings. The molecule has 0 fully saturated rings. The quantitative estimate of drug-likeness (QED) is 0.369. The van der Waals surface area contributed by atoms with Crippen LogP contribution in [-0.4, -0.2) is 32.1 Å². The highest BCUT2D eigenvalue weighted by atomic mass is 32.2. The number of rotatable bonds is 8. The normalized spacial score (nSPS) is 12.9. The van der Waals surface area contributed by atoms with Gasteiger partial charge < -0.3 is 28.5 Å². The van der Waals surface area contributed by atoms with Crippen LogP contribution < -0.4 is 19.6 Å². The lowest BCUT2D eigenvalue weighted by Crippen LogP contribution is -2.14. The average Bonchev–Trinajstić information content (AvgIpc) is 3.32. The summed E-state index contributed by atoms with van der Waals surface area (Å²) in [5, 5.41) is 10.6. The summed E-state index contributed by atoms with van der Waals surface area (Å²) in [6.07, 6.45) is -0.218. The number of carbonyl (C=O) groups excluding carboxylic acids is 1. The Hall–Kier alpha value is -3.66. The van der Waals surface area contributed by atoms with Crippen LogP contribution in [0.1, 0.15) is 29.4 Å². The molecule has 1 atom stereocenters. The van der Waals surface area contributed by atoms with E-state index < -0.39 is 23.1 Å². The maximum Gasteiger partial charge on any atom is 0.306 e. The van der Waals surface area contributed by atoms with Gasteiger partial charge in [0.15, 0.2) is 17.3 Å². The van der Waals surface area contributed by atoms with Crippen LogP contribution in [0.25, 0.3) is 0 Å². The molecule has 2 heterocycles. The highest BCUT2D eigenvalue weighted by molar-refractivity contribution is 7.98. The van der Waals surface area contributed by atoms with E-state index in [1.165, 1.54) is 44.2 Å². The van der Waals surface area contributed by atoms with Crippen molar-refractivity contribution in [3.8, 4) is 23.0 Å². The minimum Gasteiger partial charge on any atom is -0.502 e.